The summed E-state index contributed by atoms with van der Waals surface area (Å²) in [6, 6.07) is 5.48. The molecule has 1 heterocycles. The SMILES string of the molecule is C#CCn1c(CC(=O)O)nc2cc(OC(C)C)ccc21. The highest BCUT2D eigenvalue weighted by Gasteiger charge is 2.13. The molecule has 0 aliphatic heterocycles. The van der Waals surface area contributed by atoms with Gasteiger partial charge in [-0.25, -0.2) is 4.98 Å². The van der Waals surface area contributed by atoms with Crippen LogP contribution < -0.4 is 4.74 Å². The lowest BCUT2D eigenvalue weighted by Crippen LogP contribution is -2.08. The molecule has 104 valence electrons. The highest BCUT2D eigenvalue weighted by atomic mass is 16.5. The van der Waals surface area contributed by atoms with Crippen LogP contribution in [-0.4, -0.2) is 26.7 Å². The van der Waals surface area contributed by atoms with E-state index in [2.05, 4.69) is 10.9 Å². The maximum absolute atomic E-state index is 10.9. The van der Waals surface area contributed by atoms with Gasteiger partial charge in [0, 0.05) is 6.07 Å². The third-order valence-corrected chi connectivity index (χ3v) is 2.73. The summed E-state index contributed by atoms with van der Waals surface area (Å²) in [6.07, 6.45) is 5.25. The van der Waals surface area contributed by atoms with E-state index in [1.54, 1.807) is 10.6 Å². The van der Waals surface area contributed by atoms with E-state index < -0.39 is 5.97 Å². The molecule has 0 aliphatic carbocycles. The van der Waals surface area contributed by atoms with Gasteiger partial charge in [-0.3, -0.25) is 4.79 Å². The van der Waals surface area contributed by atoms with Crippen LogP contribution in [0.3, 0.4) is 0 Å². The van der Waals surface area contributed by atoms with Crippen LogP contribution in [0.25, 0.3) is 11.0 Å². The van der Waals surface area contributed by atoms with Crippen molar-refractivity contribution in [3.8, 4) is 18.1 Å². The molecule has 0 radical (unpaired) electrons. The van der Waals surface area contributed by atoms with Gasteiger partial charge in [-0.15, -0.1) is 6.42 Å². The van der Waals surface area contributed by atoms with Gasteiger partial charge < -0.3 is 14.4 Å². The number of imidazole rings is 1. The summed E-state index contributed by atoms with van der Waals surface area (Å²) in [7, 11) is 0. The van der Waals surface area contributed by atoms with Crippen molar-refractivity contribution in [2.24, 2.45) is 0 Å². The van der Waals surface area contributed by atoms with Gasteiger partial charge in [-0.05, 0) is 26.0 Å². The summed E-state index contributed by atoms with van der Waals surface area (Å²) in [6.45, 7) is 4.18. The second-order valence-electron chi connectivity index (χ2n) is 4.71. The van der Waals surface area contributed by atoms with Gasteiger partial charge in [0.2, 0.25) is 0 Å². The van der Waals surface area contributed by atoms with Crippen LogP contribution in [0.1, 0.15) is 19.7 Å². The number of aromatic nitrogens is 2. The molecule has 20 heavy (non-hydrogen) atoms. The lowest BCUT2D eigenvalue weighted by atomic mass is 10.3. The number of rotatable bonds is 5. The van der Waals surface area contributed by atoms with E-state index in [0.29, 0.717) is 23.6 Å². The lowest BCUT2D eigenvalue weighted by molar-refractivity contribution is -0.136. The molecule has 0 atom stereocenters. The minimum Gasteiger partial charge on any atom is -0.491 e. The van der Waals surface area contributed by atoms with Gasteiger partial charge in [0.25, 0.3) is 0 Å². The van der Waals surface area contributed by atoms with Gasteiger partial charge in [0.05, 0.1) is 23.7 Å². The maximum Gasteiger partial charge on any atom is 0.311 e. The van der Waals surface area contributed by atoms with Gasteiger partial charge in [-0.2, -0.15) is 0 Å². The van der Waals surface area contributed by atoms with Crippen molar-refractivity contribution in [1.82, 2.24) is 9.55 Å². The molecule has 0 unspecified atom stereocenters. The van der Waals surface area contributed by atoms with Crippen LogP contribution in [-0.2, 0) is 17.8 Å². The fraction of sp³-hybridized carbons (Fsp3) is 0.333. The third kappa shape index (κ3) is 2.91. The van der Waals surface area contributed by atoms with Crippen molar-refractivity contribution in [3.63, 3.8) is 0 Å². The molecule has 1 aromatic carbocycles. The Morgan fingerprint density at radius 2 is 2.30 bits per heavy atom. The Hall–Kier alpha value is -2.48. The molecular formula is C15H16N2O3. The molecule has 0 spiro atoms. The number of fused-ring (bicyclic) bond motifs is 1. The van der Waals surface area contributed by atoms with E-state index in [-0.39, 0.29) is 12.5 Å². The number of carbonyl (C=O) groups is 1. The van der Waals surface area contributed by atoms with Crippen LogP contribution in [0.15, 0.2) is 18.2 Å². The van der Waals surface area contributed by atoms with Crippen molar-refractivity contribution in [1.29, 1.82) is 0 Å². The first-order valence-electron chi connectivity index (χ1n) is 6.32. The Labute approximate surface area is 117 Å². The topological polar surface area (TPSA) is 64.4 Å². The first-order chi connectivity index (χ1) is 9.51. The van der Waals surface area contributed by atoms with E-state index in [9.17, 15) is 4.79 Å². The normalized spacial score (nSPS) is 10.7. The highest BCUT2D eigenvalue weighted by Crippen LogP contribution is 2.23. The average molecular weight is 272 g/mol. The average Bonchev–Trinajstić information content (AvgIpc) is 2.65. The Morgan fingerprint density at radius 3 is 2.90 bits per heavy atom. The number of terminal acetylenes is 1. The van der Waals surface area contributed by atoms with Gasteiger partial charge in [-0.1, -0.05) is 5.92 Å². The standard InChI is InChI=1S/C15H16N2O3/c1-4-7-17-13-6-5-11(20-10(2)3)8-12(13)16-14(17)9-15(18)19/h1,5-6,8,10H,7,9H2,2-3H3,(H,18,19). The summed E-state index contributed by atoms with van der Waals surface area (Å²) in [5.41, 5.74) is 1.50. The predicted molar refractivity (Wildman–Crippen MR) is 75.7 cm³/mol. The molecule has 1 aromatic heterocycles. The smallest absolute Gasteiger partial charge is 0.311 e. The first kappa shape index (κ1) is 13.9. The number of benzene rings is 1. The van der Waals surface area contributed by atoms with Crippen molar-refractivity contribution in [3.05, 3.63) is 24.0 Å². The Bertz CT molecular complexity index is 680. The quantitative estimate of drug-likeness (QED) is 0.846. The highest BCUT2D eigenvalue weighted by molar-refractivity contribution is 5.79. The van der Waals surface area contributed by atoms with E-state index in [4.69, 9.17) is 16.3 Å². The summed E-state index contributed by atoms with van der Waals surface area (Å²) < 4.78 is 7.35. The summed E-state index contributed by atoms with van der Waals surface area (Å²) >= 11 is 0. The Kier molecular flexibility index (Phi) is 3.94. The van der Waals surface area contributed by atoms with Crippen LogP contribution in [0.2, 0.25) is 0 Å². The first-order valence-corrected chi connectivity index (χ1v) is 6.32. The molecule has 1 N–H and O–H groups in total. The molecule has 0 saturated carbocycles. The van der Waals surface area contributed by atoms with Crippen LogP contribution in [0.5, 0.6) is 5.75 Å². The molecule has 0 bridgehead atoms. The summed E-state index contributed by atoms with van der Waals surface area (Å²) in [5.74, 6) is 2.75. The van der Waals surface area contributed by atoms with Crippen molar-refractivity contribution >= 4 is 17.0 Å². The van der Waals surface area contributed by atoms with E-state index in [1.807, 2.05) is 26.0 Å². The lowest BCUT2D eigenvalue weighted by Gasteiger charge is -2.09. The van der Waals surface area contributed by atoms with Gasteiger partial charge >= 0.3 is 5.97 Å². The monoisotopic (exact) mass is 272 g/mol. The fourth-order valence-corrected chi connectivity index (χ4v) is 2.04. The molecule has 5 heteroatoms. The van der Waals surface area contributed by atoms with Crippen LogP contribution in [0, 0.1) is 12.3 Å². The maximum atomic E-state index is 10.9. The number of ether oxygens (including phenoxy) is 1. The molecule has 5 nitrogen and oxygen atoms in total. The van der Waals surface area contributed by atoms with Crippen molar-refractivity contribution in [2.75, 3.05) is 0 Å². The van der Waals surface area contributed by atoms with E-state index >= 15 is 0 Å². The number of hydrogen-bond acceptors (Lipinski definition) is 3. The number of carboxylic acid groups (broad SMARTS) is 1. The number of nitrogens with zero attached hydrogens (tertiary/aromatic N) is 2. The fourth-order valence-electron chi connectivity index (χ4n) is 2.04. The summed E-state index contributed by atoms with van der Waals surface area (Å²) in [5, 5.41) is 8.93. The number of hydrogen-bond donors (Lipinski definition) is 1. The largest absolute Gasteiger partial charge is 0.491 e. The van der Waals surface area contributed by atoms with E-state index in [0.717, 1.165) is 5.52 Å². The molecule has 0 fully saturated rings. The molecule has 0 aliphatic rings. The zero-order valence-electron chi connectivity index (χ0n) is 11.5. The predicted octanol–water partition coefficient (Wildman–Crippen LogP) is 2.08. The van der Waals surface area contributed by atoms with Crippen molar-refractivity contribution in [2.45, 2.75) is 32.9 Å². The molecule has 2 aromatic rings. The number of carboxylic acids is 1. The summed E-state index contributed by atoms with van der Waals surface area (Å²) in [4.78, 5) is 15.2. The van der Waals surface area contributed by atoms with Crippen molar-refractivity contribution < 1.29 is 14.6 Å². The zero-order chi connectivity index (χ0) is 14.7. The Morgan fingerprint density at radius 1 is 1.55 bits per heavy atom. The Balaban J connectivity index is 2.49. The molecule has 0 saturated heterocycles. The molecular weight excluding hydrogens is 256 g/mol. The minimum absolute atomic E-state index is 0.0683. The third-order valence-electron chi connectivity index (χ3n) is 2.73. The number of aliphatic carboxylic acids is 1. The van der Waals surface area contributed by atoms with Gasteiger partial charge in [0.15, 0.2) is 0 Å². The second-order valence-corrected chi connectivity index (χ2v) is 4.71. The van der Waals surface area contributed by atoms with Crippen LogP contribution in [0.4, 0.5) is 0 Å². The second kappa shape index (κ2) is 5.66. The molecule has 2 rings (SSSR count). The van der Waals surface area contributed by atoms with Gasteiger partial charge in [0.1, 0.15) is 18.0 Å². The minimum atomic E-state index is -0.933. The molecule has 0 amide bonds. The van der Waals surface area contributed by atoms with E-state index in [1.165, 1.54) is 0 Å². The zero-order valence-corrected chi connectivity index (χ0v) is 11.5. The van der Waals surface area contributed by atoms with Crippen LogP contribution >= 0.6 is 0 Å².